The van der Waals surface area contributed by atoms with E-state index in [2.05, 4.69) is 4.98 Å². The molecule has 1 aliphatic heterocycles. The summed E-state index contributed by atoms with van der Waals surface area (Å²) in [4.78, 5) is 26.2. The van der Waals surface area contributed by atoms with Crippen molar-refractivity contribution in [3.63, 3.8) is 0 Å². The Bertz CT molecular complexity index is 582. The van der Waals surface area contributed by atoms with Crippen molar-refractivity contribution in [1.29, 1.82) is 0 Å². The molecule has 0 radical (unpaired) electrons. The Morgan fingerprint density at radius 3 is 2.40 bits per heavy atom. The van der Waals surface area contributed by atoms with Gasteiger partial charge in [-0.05, 0) is 31.6 Å². The highest BCUT2D eigenvalue weighted by molar-refractivity contribution is 5.26. The highest BCUT2D eigenvalue weighted by atomic mass is 16.5. The van der Waals surface area contributed by atoms with Gasteiger partial charge in [0.25, 0.3) is 5.56 Å². The largest absolute Gasteiger partial charge is 0.494 e. The number of nitrogens with one attached hydrogen (secondary N) is 1. The van der Waals surface area contributed by atoms with E-state index >= 15 is 0 Å². The summed E-state index contributed by atoms with van der Waals surface area (Å²) in [5.74, 6) is -0.0847. The van der Waals surface area contributed by atoms with E-state index in [1.807, 2.05) is 20.8 Å². The lowest BCUT2D eigenvalue weighted by Gasteiger charge is -2.29. The first kappa shape index (κ1) is 14.8. The molecule has 0 aromatic carbocycles. The smallest absolute Gasteiger partial charge is 0.331 e. The van der Waals surface area contributed by atoms with Crippen molar-refractivity contribution in [3.05, 3.63) is 26.4 Å². The molecule has 1 aliphatic rings. The van der Waals surface area contributed by atoms with Crippen LogP contribution >= 0.6 is 0 Å². The van der Waals surface area contributed by atoms with Crippen molar-refractivity contribution in [1.82, 2.24) is 9.55 Å². The molecule has 6 heteroatoms. The molecule has 2 N–H and O–H groups in total. The number of aromatic hydroxyl groups is 1. The zero-order valence-corrected chi connectivity index (χ0v) is 12.2. The minimum atomic E-state index is -0.545. The van der Waals surface area contributed by atoms with Gasteiger partial charge < -0.3 is 9.84 Å². The quantitative estimate of drug-likeness (QED) is 0.876. The second-order valence-electron chi connectivity index (χ2n) is 5.71. The summed E-state index contributed by atoms with van der Waals surface area (Å²) in [6.07, 6.45) is 1.70. The van der Waals surface area contributed by atoms with Crippen molar-refractivity contribution in [2.24, 2.45) is 5.92 Å². The second kappa shape index (κ2) is 5.83. The number of aromatic nitrogens is 2. The van der Waals surface area contributed by atoms with Crippen LogP contribution in [0.3, 0.4) is 0 Å². The van der Waals surface area contributed by atoms with E-state index in [1.54, 1.807) is 0 Å². The number of hydrogen-bond acceptors (Lipinski definition) is 4. The lowest BCUT2D eigenvalue weighted by atomic mass is 9.92. The second-order valence-corrected chi connectivity index (χ2v) is 5.71. The number of nitrogens with zero attached hydrogens (tertiary/aromatic N) is 1. The summed E-state index contributed by atoms with van der Waals surface area (Å²) in [5, 5.41) is 10.3. The predicted octanol–water partition coefficient (Wildman–Crippen LogP) is 1.35. The molecule has 1 unspecified atom stereocenters. The van der Waals surface area contributed by atoms with Crippen LogP contribution < -0.4 is 11.2 Å². The third kappa shape index (κ3) is 2.65. The highest BCUT2D eigenvalue weighted by Gasteiger charge is 2.27. The fraction of sp³-hybridized carbons (Fsp3) is 0.714. The van der Waals surface area contributed by atoms with Crippen molar-refractivity contribution < 1.29 is 9.84 Å². The van der Waals surface area contributed by atoms with Gasteiger partial charge in [0.2, 0.25) is 5.88 Å². The standard InChI is InChI=1S/C14H22N2O4/c1-8(2)11-12(17)15-14(19)16(13(11)18)9(3)10-4-6-20-7-5-10/h8-10,18H,4-7H2,1-3H3,(H,15,17,19). The molecule has 0 saturated carbocycles. The number of ether oxygens (including phenoxy) is 1. The zero-order chi connectivity index (χ0) is 14.9. The van der Waals surface area contributed by atoms with Gasteiger partial charge in [-0.25, -0.2) is 4.79 Å². The van der Waals surface area contributed by atoms with E-state index in [9.17, 15) is 14.7 Å². The monoisotopic (exact) mass is 282 g/mol. The SMILES string of the molecule is CC(C)c1c(O)n(C(C)C2CCOCC2)c(=O)[nH]c1=O. The summed E-state index contributed by atoms with van der Waals surface area (Å²) < 4.78 is 6.63. The Morgan fingerprint density at radius 1 is 1.25 bits per heavy atom. The van der Waals surface area contributed by atoms with Gasteiger partial charge >= 0.3 is 5.69 Å². The molecule has 2 rings (SSSR count). The van der Waals surface area contributed by atoms with Crippen molar-refractivity contribution >= 4 is 0 Å². The van der Waals surface area contributed by atoms with E-state index in [0.29, 0.717) is 13.2 Å². The fourth-order valence-electron chi connectivity index (χ4n) is 2.86. The molecule has 112 valence electrons. The number of hydrogen-bond donors (Lipinski definition) is 2. The Balaban J connectivity index is 2.47. The van der Waals surface area contributed by atoms with Crippen LogP contribution in [0, 0.1) is 5.92 Å². The highest BCUT2D eigenvalue weighted by Crippen LogP contribution is 2.30. The maximum atomic E-state index is 12.0. The minimum absolute atomic E-state index is 0.146. The maximum absolute atomic E-state index is 12.0. The van der Waals surface area contributed by atoms with E-state index in [4.69, 9.17) is 4.74 Å². The van der Waals surface area contributed by atoms with Gasteiger partial charge in [-0.3, -0.25) is 14.3 Å². The Hall–Kier alpha value is -1.56. The molecule has 1 atom stereocenters. The van der Waals surface area contributed by atoms with Crippen molar-refractivity contribution in [2.75, 3.05) is 13.2 Å². The van der Waals surface area contributed by atoms with E-state index < -0.39 is 11.2 Å². The maximum Gasteiger partial charge on any atom is 0.331 e. The molecular weight excluding hydrogens is 260 g/mol. The van der Waals surface area contributed by atoms with Crippen LogP contribution in [0.4, 0.5) is 0 Å². The van der Waals surface area contributed by atoms with E-state index in [0.717, 1.165) is 12.8 Å². The van der Waals surface area contributed by atoms with Crippen LogP contribution in [0.25, 0.3) is 0 Å². The lowest BCUT2D eigenvalue weighted by molar-refractivity contribution is 0.0493. The van der Waals surface area contributed by atoms with E-state index in [1.165, 1.54) is 4.57 Å². The molecule has 0 amide bonds. The van der Waals surface area contributed by atoms with Gasteiger partial charge in [0, 0.05) is 19.3 Å². The molecule has 0 bridgehead atoms. The Kier molecular flexibility index (Phi) is 4.32. The van der Waals surface area contributed by atoms with Crippen LogP contribution in [0.1, 0.15) is 51.1 Å². The molecular formula is C14H22N2O4. The van der Waals surface area contributed by atoms with Gasteiger partial charge in [0.05, 0.1) is 5.56 Å². The summed E-state index contributed by atoms with van der Waals surface area (Å²) in [5.41, 5.74) is -0.780. The normalized spacial score (nSPS) is 18.4. The topological polar surface area (TPSA) is 84.3 Å². The van der Waals surface area contributed by atoms with Gasteiger partial charge in [-0.2, -0.15) is 0 Å². The molecule has 1 aromatic heterocycles. The van der Waals surface area contributed by atoms with Gasteiger partial charge in [0.1, 0.15) is 0 Å². The Morgan fingerprint density at radius 2 is 1.85 bits per heavy atom. The molecule has 1 saturated heterocycles. The molecule has 20 heavy (non-hydrogen) atoms. The summed E-state index contributed by atoms with van der Waals surface area (Å²) in [6.45, 7) is 6.88. The Labute approximate surface area is 117 Å². The average molecular weight is 282 g/mol. The molecule has 0 spiro atoms. The molecule has 0 aliphatic carbocycles. The van der Waals surface area contributed by atoms with Crippen molar-refractivity contribution in [3.8, 4) is 5.88 Å². The van der Waals surface area contributed by atoms with Crippen molar-refractivity contribution in [2.45, 2.75) is 45.6 Å². The van der Waals surface area contributed by atoms with Crippen LogP contribution in [0.5, 0.6) is 5.88 Å². The van der Waals surface area contributed by atoms with Gasteiger partial charge in [0.15, 0.2) is 0 Å². The molecule has 2 heterocycles. The molecule has 6 nitrogen and oxygen atoms in total. The third-order valence-electron chi connectivity index (χ3n) is 4.09. The number of H-pyrrole nitrogens is 1. The lowest BCUT2D eigenvalue weighted by Crippen LogP contribution is -2.37. The van der Waals surface area contributed by atoms with Crippen LogP contribution in [-0.4, -0.2) is 27.9 Å². The number of aromatic amines is 1. The van der Waals surface area contributed by atoms with Gasteiger partial charge in [-0.15, -0.1) is 0 Å². The van der Waals surface area contributed by atoms with Gasteiger partial charge in [-0.1, -0.05) is 13.8 Å². The molecule has 1 fully saturated rings. The third-order valence-corrected chi connectivity index (χ3v) is 4.09. The first-order valence-corrected chi connectivity index (χ1v) is 7.09. The fourth-order valence-corrected chi connectivity index (χ4v) is 2.86. The van der Waals surface area contributed by atoms with E-state index in [-0.39, 0.29) is 29.3 Å². The summed E-state index contributed by atoms with van der Waals surface area (Å²) >= 11 is 0. The first-order chi connectivity index (χ1) is 9.43. The minimum Gasteiger partial charge on any atom is -0.494 e. The molecule has 1 aromatic rings. The first-order valence-electron chi connectivity index (χ1n) is 7.09. The van der Waals surface area contributed by atoms with Crippen LogP contribution in [-0.2, 0) is 4.74 Å². The summed E-state index contributed by atoms with van der Waals surface area (Å²) in [7, 11) is 0. The predicted molar refractivity (Wildman–Crippen MR) is 75.3 cm³/mol. The number of rotatable bonds is 3. The van der Waals surface area contributed by atoms with Crippen LogP contribution in [0.2, 0.25) is 0 Å². The summed E-state index contributed by atoms with van der Waals surface area (Å²) in [6, 6.07) is -0.166. The average Bonchev–Trinajstić information content (AvgIpc) is 2.38. The van der Waals surface area contributed by atoms with Crippen LogP contribution in [0.15, 0.2) is 9.59 Å². The zero-order valence-electron chi connectivity index (χ0n) is 12.2.